The number of aryl methyl sites for hydroxylation is 2. The fraction of sp³-hybridized carbons (Fsp3) is 0.848. The number of pyridine rings is 1. The normalized spacial score (nSPS) is 11.4. The van der Waals surface area contributed by atoms with Crippen molar-refractivity contribution in [2.24, 2.45) is 0 Å². The summed E-state index contributed by atoms with van der Waals surface area (Å²) in [7, 11) is 0. The van der Waals surface area contributed by atoms with Gasteiger partial charge < -0.3 is 0 Å². The summed E-state index contributed by atoms with van der Waals surface area (Å²) >= 11 is 0. The molecule has 1 nitrogen and oxygen atoms in total. The minimum atomic E-state index is 1.19. The Morgan fingerprint density at radius 3 is 1.12 bits per heavy atom. The third kappa shape index (κ3) is 20.5. The van der Waals surface area contributed by atoms with Gasteiger partial charge in [0.2, 0.25) is 0 Å². The smallest absolute Gasteiger partial charge is 0.169 e. The monoisotopic (exact) mass is 472 g/mol. The largest absolute Gasteiger partial charge is 0.205 e. The van der Waals surface area contributed by atoms with E-state index in [0.717, 1.165) is 0 Å². The van der Waals surface area contributed by atoms with Gasteiger partial charge in [-0.25, -0.2) is 4.57 Å². The van der Waals surface area contributed by atoms with Gasteiger partial charge in [0.15, 0.2) is 12.4 Å². The van der Waals surface area contributed by atoms with Crippen LogP contribution in [0.5, 0.6) is 0 Å². The summed E-state index contributed by atoms with van der Waals surface area (Å²) in [5, 5.41) is 0. The van der Waals surface area contributed by atoms with E-state index in [9.17, 15) is 0 Å². The molecule has 1 aromatic rings. The van der Waals surface area contributed by atoms with Crippen LogP contribution in [0.4, 0.5) is 0 Å². The molecule has 0 fully saturated rings. The van der Waals surface area contributed by atoms with Crippen LogP contribution in [0, 0.1) is 0 Å². The van der Waals surface area contributed by atoms with Gasteiger partial charge in [-0.2, -0.15) is 0 Å². The fourth-order valence-corrected chi connectivity index (χ4v) is 5.11. The van der Waals surface area contributed by atoms with Gasteiger partial charge in [-0.05, 0) is 24.8 Å². The molecule has 34 heavy (non-hydrogen) atoms. The van der Waals surface area contributed by atoms with Crippen LogP contribution in [-0.4, -0.2) is 0 Å². The van der Waals surface area contributed by atoms with E-state index in [-0.39, 0.29) is 0 Å². The molecule has 0 aromatic carbocycles. The molecule has 0 bridgehead atoms. The lowest BCUT2D eigenvalue weighted by Crippen LogP contribution is -2.32. The molecule has 1 heterocycles. The molecule has 0 N–H and O–H groups in total. The van der Waals surface area contributed by atoms with Gasteiger partial charge in [0.25, 0.3) is 0 Å². The van der Waals surface area contributed by atoms with E-state index in [2.05, 4.69) is 42.9 Å². The summed E-state index contributed by atoms with van der Waals surface area (Å²) in [4.78, 5) is 0. The summed E-state index contributed by atoms with van der Waals surface area (Å²) in [6.07, 6.45) is 40.2. The van der Waals surface area contributed by atoms with E-state index in [1.54, 1.807) is 0 Å². The van der Waals surface area contributed by atoms with Crippen molar-refractivity contribution in [2.45, 2.75) is 181 Å². The van der Waals surface area contributed by atoms with Crippen LogP contribution in [0.25, 0.3) is 0 Å². The topological polar surface area (TPSA) is 3.88 Å². The Hall–Kier alpha value is -0.850. The number of unbranched alkanes of at least 4 members (excludes halogenated alkanes) is 22. The molecule has 1 heteroatoms. The van der Waals surface area contributed by atoms with E-state index in [0.29, 0.717) is 0 Å². The first kappa shape index (κ1) is 31.2. The molecule has 1 aromatic heterocycles. The van der Waals surface area contributed by atoms with Crippen LogP contribution in [-0.2, 0) is 13.0 Å². The summed E-state index contributed by atoms with van der Waals surface area (Å²) in [6, 6.07) is 4.72. The van der Waals surface area contributed by atoms with Gasteiger partial charge in [-0.1, -0.05) is 149 Å². The first-order valence-electron chi connectivity index (χ1n) is 15.8. The molecule has 0 unspecified atom stereocenters. The molecule has 0 atom stereocenters. The van der Waals surface area contributed by atoms with Crippen molar-refractivity contribution in [1.29, 1.82) is 0 Å². The maximum Gasteiger partial charge on any atom is 0.169 e. The second-order valence-corrected chi connectivity index (χ2v) is 11.0. The Labute approximate surface area is 215 Å². The third-order valence-electron chi connectivity index (χ3n) is 7.55. The van der Waals surface area contributed by atoms with Crippen molar-refractivity contribution in [3.05, 3.63) is 30.1 Å². The molecule has 0 radical (unpaired) electrons. The molecule has 0 amide bonds. The Morgan fingerprint density at radius 1 is 0.412 bits per heavy atom. The van der Waals surface area contributed by atoms with Crippen LogP contribution in [0.1, 0.15) is 174 Å². The van der Waals surface area contributed by atoms with Crippen LogP contribution in [0.2, 0.25) is 0 Å². The van der Waals surface area contributed by atoms with Gasteiger partial charge in [-0.3, -0.25) is 0 Å². The highest BCUT2D eigenvalue weighted by Crippen LogP contribution is 2.14. The Balaban J connectivity index is 1.86. The van der Waals surface area contributed by atoms with Crippen LogP contribution < -0.4 is 4.57 Å². The first-order valence-corrected chi connectivity index (χ1v) is 15.8. The standard InChI is InChI=1S/C33H62N/c1-3-5-7-9-11-13-15-16-17-18-20-22-24-26-30-34-31-28-33(29-32-34)27-25-23-21-19-14-12-10-8-6-4-2/h28-29,31-32H,3-27,30H2,1-2H3/q+1. The van der Waals surface area contributed by atoms with Crippen molar-refractivity contribution >= 4 is 0 Å². The molecule has 0 aliphatic heterocycles. The average molecular weight is 473 g/mol. The SMILES string of the molecule is CCCCCCCCCCCCCCCC[n+]1ccc(CCCCCCCCCCCC)cc1. The van der Waals surface area contributed by atoms with Crippen molar-refractivity contribution in [3.8, 4) is 0 Å². The zero-order valence-corrected chi connectivity index (χ0v) is 23.6. The minimum absolute atomic E-state index is 1.19. The number of nitrogens with zero attached hydrogens (tertiary/aromatic N) is 1. The van der Waals surface area contributed by atoms with Crippen molar-refractivity contribution < 1.29 is 4.57 Å². The van der Waals surface area contributed by atoms with Gasteiger partial charge in [0.1, 0.15) is 6.54 Å². The van der Waals surface area contributed by atoms with E-state index in [1.165, 1.54) is 173 Å². The van der Waals surface area contributed by atoms with E-state index in [1.807, 2.05) is 0 Å². The van der Waals surface area contributed by atoms with Gasteiger partial charge in [-0.15, -0.1) is 0 Å². The summed E-state index contributed by atoms with van der Waals surface area (Å²) in [5.74, 6) is 0. The fourth-order valence-electron chi connectivity index (χ4n) is 5.11. The molecule has 1 rings (SSSR count). The minimum Gasteiger partial charge on any atom is -0.205 e. The molecule has 198 valence electrons. The van der Waals surface area contributed by atoms with Crippen molar-refractivity contribution in [2.75, 3.05) is 0 Å². The van der Waals surface area contributed by atoms with Crippen LogP contribution >= 0.6 is 0 Å². The number of hydrogen-bond acceptors (Lipinski definition) is 0. The Bertz CT molecular complexity index is 506. The molecule has 0 saturated heterocycles. The Kier molecular flexibility index (Phi) is 23.2. The summed E-state index contributed by atoms with van der Waals surface area (Å²) in [6.45, 7) is 5.79. The number of rotatable bonds is 26. The lowest BCUT2D eigenvalue weighted by molar-refractivity contribution is -0.697. The van der Waals surface area contributed by atoms with Crippen LogP contribution in [0.3, 0.4) is 0 Å². The second-order valence-electron chi connectivity index (χ2n) is 11.0. The highest BCUT2D eigenvalue weighted by molar-refractivity contribution is 5.07. The zero-order valence-electron chi connectivity index (χ0n) is 23.6. The molecule has 0 saturated carbocycles. The van der Waals surface area contributed by atoms with E-state index >= 15 is 0 Å². The summed E-state index contributed by atoms with van der Waals surface area (Å²) < 4.78 is 2.39. The third-order valence-corrected chi connectivity index (χ3v) is 7.55. The maximum absolute atomic E-state index is 2.39. The lowest BCUT2D eigenvalue weighted by Gasteiger charge is -2.04. The molecule has 0 aliphatic rings. The van der Waals surface area contributed by atoms with Gasteiger partial charge >= 0.3 is 0 Å². The quantitative estimate of drug-likeness (QED) is 0.0932. The van der Waals surface area contributed by atoms with Crippen molar-refractivity contribution in [3.63, 3.8) is 0 Å². The maximum atomic E-state index is 2.39. The van der Waals surface area contributed by atoms with E-state index < -0.39 is 0 Å². The molecular formula is C33H62N+. The number of aromatic nitrogens is 1. The predicted molar refractivity (Wildman–Crippen MR) is 152 cm³/mol. The second kappa shape index (κ2) is 25.2. The average Bonchev–Trinajstić information content (AvgIpc) is 2.86. The number of hydrogen-bond donors (Lipinski definition) is 0. The van der Waals surface area contributed by atoms with Crippen molar-refractivity contribution in [1.82, 2.24) is 0 Å². The highest BCUT2D eigenvalue weighted by atomic mass is 14.9. The Morgan fingerprint density at radius 2 is 0.735 bits per heavy atom. The highest BCUT2D eigenvalue weighted by Gasteiger charge is 2.02. The van der Waals surface area contributed by atoms with Crippen LogP contribution in [0.15, 0.2) is 24.5 Å². The zero-order chi connectivity index (χ0) is 24.4. The molecule has 0 aliphatic carbocycles. The summed E-state index contributed by atoms with van der Waals surface area (Å²) in [5.41, 5.74) is 1.52. The predicted octanol–water partition coefficient (Wildman–Crippen LogP) is 10.9. The molecule has 0 spiro atoms. The lowest BCUT2D eigenvalue weighted by atomic mass is 10.0. The van der Waals surface area contributed by atoms with E-state index in [4.69, 9.17) is 0 Å². The first-order chi connectivity index (χ1) is 16.9. The molecular weight excluding hydrogens is 410 g/mol. The van der Waals surface area contributed by atoms with Gasteiger partial charge in [0, 0.05) is 18.6 Å². The van der Waals surface area contributed by atoms with Gasteiger partial charge in [0.05, 0.1) is 0 Å².